The van der Waals surface area contributed by atoms with Crippen LogP contribution in [-0.4, -0.2) is 32.6 Å². The van der Waals surface area contributed by atoms with Gasteiger partial charge in [-0.3, -0.25) is 4.99 Å². The molecule has 0 saturated carbocycles. The maximum atomic E-state index is 5.11. The van der Waals surface area contributed by atoms with Crippen molar-refractivity contribution in [2.45, 2.75) is 39.5 Å². The molecule has 0 aromatic heterocycles. The molecule has 15 heavy (non-hydrogen) atoms. The highest BCUT2D eigenvalue weighted by molar-refractivity contribution is 5.82. The third-order valence-electron chi connectivity index (χ3n) is 2.88. The van der Waals surface area contributed by atoms with Crippen LogP contribution in [0.15, 0.2) is 4.99 Å². The Morgan fingerprint density at radius 2 is 2.20 bits per heavy atom. The third kappa shape index (κ3) is 5.17. The van der Waals surface area contributed by atoms with E-state index in [0.29, 0.717) is 0 Å². The number of amidine groups is 1. The van der Waals surface area contributed by atoms with Crippen LogP contribution in [0.2, 0.25) is 0 Å². The highest BCUT2D eigenvalue weighted by atomic mass is 16.5. The van der Waals surface area contributed by atoms with Crippen LogP contribution in [0.1, 0.15) is 39.5 Å². The molecule has 3 heteroatoms. The Hall–Kier alpha value is -0.570. The highest BCUT2D eigenvalue weighted by Gasteiger charge is 2.18. The summed E-state index contributed by atoms with van der Waals surface area (Å²) in [5.41, 5.74) is 0.288. The van der Waals surface area contributed by atoms with Crippen LogP contribution in [0.4, 0.5) is 0 Å². The highest BCUT2D eigenvalue weighted by Crippen LogP contribution is 2.19. The van der Waals surface area contributed by atoms with Gasteiger partial charge in [0.05, 0.1) is 5.84 Å². The number of rotatable bonds is 5. The van der Waals surface area contributed by atoms with Crippen LogP contribution < -0.4 is 5.32 Å². The molecule has 0 atom stereocenters. The van der Waals surface area contributed by atoms with Crippen molar-refractivity contribution in [3.05, 3.63) is 0 Å². The van der Waals surface area contributed by atoms with Gasteiger partial charge in [0.25, 0.3) is 0 Å². The Morgan fingerprint density at radius 1 is 1.40 bits per heavy atom. The summed E-state index contributed by atoms with van der Waals surface area (Å²) in [7, 11) is 1.76. The molecule has 0 aromatic carbocycles. The number of nitrogens with zero attached hydrogens (tertiary/aromatic N) is 1. The second-order valence-electron chi connectivity index (χ2n) is 5.05. The Kier molecular flexibility index (Phi) is 5.09. The van der Waals surface area contributed by atoms with Crippen molar-refractivity contribution in [1.29, 1.82) is 0 Å². The Balaban J connectivity index is 2.25. The minimum atomic E-state index is 0.288. The predicted octanol–water partition coefficient (Wildman–Crippen LogP) is 2.22. The smallest absolute Gasteiger partial charge is 0.0963 e. The van der Waals surface area contributed by atoms with Gasteiger partial charge in [-0.15, -0.1) is 0 Å². The lowest BCUT2D eigenvalue weighted by molar-refractivity contribution is 0.153. The zero-order valence-electron chi connectivity index (χ0n) is 10.3. The first-order valence-corrected chi connectivity index (χ1v) is 5.90. The van der Waals surface area contributed by atoms with Crippen LogP contribution in [-0.2, 0) is 4.74 Å². The van der Waals surface area contributed by atoms with Crippen LogP contribution >= 0.6 is 0 Å². The van der Waals surface area contributed by atoms with E-state index in [1.807, 2.05) is 0 Å². The Bertz CT molecular complexity index is 212. The first kappa shape index (κ1) is 12.5. The molecule has 0 aromatic rings. The van der Waals surface area contributed by atoms with E-state index in [4.69, 9.17) is 4.74 Å². The van der Waals surface area contributed by atoms with Crippen molar-refractivity contribution < 1.29 is 4.74 Å². The maximum Gasteiger partial charge on any atom is 0.0963 e. The quantitative estimate of drug-likeness (QED) is 0.758. The molecule has 1 aliphatic rings. The summed E-state index contributed by atoms with van der Waals surface area (Å²) in [6.07, 6.45) is 4.74. The number of hydrogen-bond acceptors (Lipinski definition) is 3. The van der Waals surface area contributed by atoms with Gasteiger partial charge in [-0.05, 0) is 24.7 Å². The summed E-state index contributed by atoms with van der Waals surface area (Å²) >= 11 is 0. The van der Waals surface area contributed by atoms with E-state index >= 15 is 0 Å². The van der Waals surface area contributed by atoms with Gasteiger partial charge in [0.15, 0.2) is 0 Å². The fourth-order valence-corrected chi connectivity index (χ4v) is 1.65. The van der Waals surface area contributed by atoms with E-state index in [2.05, 4.69) is 24.2 Å². The molecular formula is C12H24N2O. The molecule has 3 nitrogen and oxygen atoms in total. The summed E-state index contributed by atoms with van der Waals surface area (Å²) in [5.74, 6) is 1.20. The van der Waals surface area contributed by atoms with Gasteiger partial charge in [0.2, 0.25) is 0 Å². The zero-order valence-corrected chi connectivity index (χ0v) is 10.3. The molecule has 1 aliphatic heterocycles. The molecule has 0 spiro atoms. The summed E-state index contributed by atoms with van der Waals surface area (Å²) in [4.78, 5) is 4.49. The van der Waals surface area contributed by atoms with Gasteiger partial charge in [-0.25, -0.2) is 0 Å². The van der Waals surface area contributed by atoms with E-state index < -0.39 is 0 Å². The van der Waals surface area contributed by atoms with Crippen molar-refractivity contribution in [2.75, 3.05) is 26.8 Å². The summed E-state index contributed by atoms with van der Waals surface area (Å²) in [6, 6.07) is 0. The molecular weight excluding hydrogens is 188 g/mol. The Labute approximate surface area is 93.3 Å². The van der Waals surface area contributed by atoms with Gasteiger partial charge < -0.3 is 10.1 Å². The Morgan fingerprint density at radius 3 is 2.80 bits per heavy atom. The molecule has 0 radical (unpaired) electrons. The summed E-state index contributed by atoms with van der Waals surface area (Å²) in [5, 5.41) is 3.47. The molecule has 0 bridgehead atoms. The van der Waals surface area contributed by atoms with Crippen LogP contribution in [0, 0.1) is 5.41 Å². The lowest BCUT2D eigenvalue weighted by atomic mass is 9.89. The van der Waals surface area contributed by atoms with Crippen molar-refractivity contribution in [2.24, 2.45) is 10.4 Å². The largest absolute Gasteiger partial charge is 0.385 e. The van der Waals surface area contributed by atoms with E-state index in [1.165, 1.54) is 18.7 Å². The number of hydrogen-bond donors (Lipinski definition) is 1. The zero-order chi connectivity index (χ0) is 11.1. The molecule has 0 aliphatic carbocycles. The van der Waals surface area contributed by atoms with Gasteiger partial charge in [0, 0.05) is 33.2 Å². The van der Waals surface area contributed by atoms with Crippen molar-refractivity contribution in [3.63, 3.8) is 0 Å². The number of ether oxygens (including phenoxy) is 1. The molecule has 0 amide bonds. The van der Waals surface area contributed by atoms with Gasteiger partial charge in [0.1, 0.15) is 0 Å². The molecule has 1 N–H and O–H groups in total. The number of methoxy groups -OCH3 is 1. The van der Waals surface area contributed by atoms with Gasteiger partial charge in [-0.1, -0.05) is 13.8 Å². The van der Waals surface area contributed by atoms with E-state index in [1.54, 1.807) is 7.11 Å². The van der Waals surface area contributed by atoms with Crippen molar-refractivity contribution in [3.8, 4) is 0 Å². The number of nitrogens with one attached hydrogen (secondary N) is 1. The average molecular weight is 212 g/mol. The second-order valence-corrected chi connectivity index (χ2v) is 5.05. The normalized spacial score (nSPS) is 17.4. The first-order chi connectivity index (χ1) is 7.14. The molecule has 0 fully saturated rings. The second kappa shape index (κ2) is 6.11. The molecule has 1 heterocycles. The van der Waals surface area contributed by atoms with Crippen LogP contribution in [0.3, 0.4) is 0 Å². The minimum Gasteiger partial charge on any atom is -0.385 e. The topological polar surface area (TPSA) is 33.6 Å². The van der Waals surface area contributed by atoms with Crippen molar-refractivity contribution >= 4 is 5.84 Å². The third-order valence-corrected chi connectivity index (χ3v) is 2.88. The van der Waals surface area contributed by atoms with E-state index in [-0.39, 0.29) is 5.41 Å². The predicted molar refractivity (Wildman–Crippen MR) is 64.4 cm³/mol. The fourth-order valence-electron chi connectivity index (χ4n) is 1.65. The first-order valence-electron chi connectivity index (χ1n) is 5.90. The van der Waals surface area contributed by atoms with E-state index in [9.17, 15) is 0 Å². The van der Waals surface area contributed by atoms with Crippen LogP contribution in [0.25, 0.3) is 0 Å². The SMILES string of the molecule is COCCC(C)(C)CNC1=NCCCC1. The lowest BCUT2D eigenvalue weighted by Crippen LogP contribution is -2.35. The standard InChI is InChI=1S/C12H24N2O/c1-12(2,7-9-15-3)10-14-11-6-4-5-8-13-11/h4-10H2,1-3H3,(H,13,14). The van der Waals surface area contributed by atoms with Crippen LogP contribution in [0.5, 0.6) is 0 Å². The average Bonchev–Trinajstić information content (AvgIpc) is 2.25. The molecule has 0 saturated heterocycles. The maximum absolute atomic E-state index is 5.11. The van der Waals surface area contributed by atoms with E-state index in [0.717, 1.165) is 32.5 Å². The summed E-state index contributed by atoms with van der Waals surface area (Å²) < 4.78 is 5.11. The van der Waals surface area contributed by atoms with Gasteiger partial charge >= 0.3 is 0 Å². The van der Waals surface area contributed by atoms with Gasteiger partial charge in [-0.2, -0.15) is 0 Å². The minimum absolute atomic E-state index is 0.288. The fraction of sp³-hybridized carbons (Fsp3) is 0.917. The summed E-state index contributed by atoms with van der Waals surface area (Å²) in [6.45, 7) is 7.36. The van der Waals surface area contributed by atoms with Crippen molar-refractivity contribution in [1.82, 2.24) is 5.32 Å². The molecule has 0 unspecified atom stereocenters. The molecule has 88 valence electrons. The lowest BCUT2D eigenvalue weighted by Gasteiger charge is -2.26. The molecule has 1 rings (SSSR count). The monoisotopic (exact) mass is 212 g/mol. The number of aliphatic imine (C=N–C) groups is 1.